The largest absolute Gasteiger partial charge is 0.309 e. The lowest BCUT2D eigenvalue weighted by Gasteiger charge is -2.20. The fourth-order valence-electron chi connectivity index (χ4n) is 5.62. The molecule has 0 N–H and O–H groups in total. The third kappa shape index (κ3) is 3.42. The topological polar surface area (TPSA) is 47.3 Å². The Bertz CT molecular complexity index is 2200. The molecule has 0 bridgehead atoms. The van der Waals surface area contributed by atoms with Gasteiger partial charge in [0, 0.05) is 26.9 Å². The minimum atomic E-state index is -3.13. The maximum absolute atomic E-state index is 15.2. The van der Waals surface area contributed by atoms with Gasteiger partial charge >= 0.3 is 0 Å². The molecule has 0 radical (unpaired) electrons. The number of hydrogen-bond acceptors (Lipinski definition) is 4. The summed E-state index contributed by atoms with van der Waals surface area (Å²) in [7, 11) is -3.13. The van der Waals surface area contributed by atoms with E-state index < -0.39 is 7.14 Å². The minimum Gasteiger partial charge on any atom is -0.309 e. The van der Waals surface area contributed by atoms with Gasteiger partial charge in [0.1, 0.15) is 11.0 Å². The van der Waals surface area contributed by atoms with E-state index in [1.54, 1.807) is 11.3 Å². The highest BCUT2D eigenvalue weighted by atomic mass is 32.1. The van der Waals surface area contributed by atoms with E-state index in [1.807, 2.05) is 103 Å². The number of aromatic nitrogens is 3. The fraction of sp³-hybridized carbons (Fsp3) is 0. The SMILES string of the molecule is O=P(c1ccccc1)(c1ccccc1)c1ccc2sc3nc4c5ccccc5nc(-c5ccccc5)c4n3c2c1. The van der Waals surface area contributed by atoms with Crippen LogP contribution in [0.4, 0.5) is 0 Å². The zero-order valence-electron chi connectivity index (χ0n) is 21.3. The van der Waals surface area contributed by atoms with Gasteiger partial charge in [0.05, 0.1) is 21.4 Å². The molecule has 4 nitrogen and oxygen atoms in total. The smallest absolute Gasteiger partial charge is 0.195 e. The molecule has 40 heavy (non-hydrogen) atoms. The molecule has 0 saturated heterocycles. The van der Waals surface area contributed by atoms with Crippen molar-refractivity contribution in [1.29, 1.82) is 0 Å². The highest BCUT2D eigenvalue weighted by Crippen LogP contribution is 2.44. The highest BCUT2D eigenvalue weighted by molar-refractivity contribution is 7.85. The standard InChI is InChI=1S/C34H22N3OPS/c38-39(24-14-6-2-7-15-24,25-16-8-3-9-17-25)26-20-21-30-29(22-26)37-33-31(23-12-4-1-5-13-23)35-28-19-11-10-18-27(28)32(33)36-34(37)40-30/h1-22H. The lowest BCUT2D eigenvalue weighted by Crippen LogP contribution is -2.24. The molecule has 3 aromatic heterocycles. The Morgan fingerprint density at radius 2 is 1.25 bits per heavy atom. The van der Waals surface area contributed by atoms with Crippen LogP contribution in [0.5, 0.6) is 0 Å². The summed E-state index contributed by atoms with van der Waals surface area (Å²) in [5.41, 5.74) is 5.73. The highest BCUT2D eigenvalue weighted by Gasteiger charge is 2.30. The van der Waals surface area contributed by atoms with E-state index in [4.69, 9.17) is 9.97 Å². The Balaban J connectivity index is 1.49. The number of benzene rings is 5. The number of fused-ring (bicyclic) bond motifs is 7. The molecular formula is C34H22N3OPS. The third-order valence-electron chi connectivity index (χ3n) is 7.50. The van der Waals surface area contributed by atoms with E-state index in [1.165, 1.54) is 0 Å². The lowest BCUT2D eigenvalue weighted by atomic mass is 10.1. The van der Waals surface area contributed by atoms with Gasteiger partial charge in [-0.05, 0) is 24.3 Å². The first-order valence-electron chi connectivity index (χ1n) is 13.1. The van der Waals surface area contributed by atoms with E-state index in [9.17, 15) is 0 Å². The molecule has 190 valence electrons. The summed E-state index contributed by atoms with van der Waals surface area (Å²) < 4.78 is 18.5. The summed E-state index contributed by atoms with van der Waals surface area (Å²) >= 11 is 1.65. The monoisotopic (exact) mass is 551 g/mol. The molecule has 0 aliphatic carbocycles. The molecule has 0 aliphatic heterocycles. The molecule has 0 amide bonds. The summed E-state index contributed by atoms with van der Waals surface area (Å²) in [4.78, 5) is 11.2. The molecule has 3 heterocycles. The van der Waals surface area contributed by atoms with Crippen molar-refractivity contribution in [3.8, 4) is 11.3 Å². The minimum absolute atomic E-state index is 0.800. The number of imidazole rings is 1. The van der Waals surface area contributed by atoms with Crippen LogP contribution in [0, 0.1) is 0 Å². The normalized spacial score (nSPS) is 12.1. The zero-order valence-corrected chi connectivity index (χ0v) is 23.0. The Hall–Kier alpha value is -4.57. The lowest BCUT2D eigenvalue weighted by molar-refractivity contribution is 0.592. The van der Waals surface area contributed by atoms with Crippen LogP contribution in [0.15, 0.2) is 133 Å². The van der Waals surface area contributed by atoms with Crippen LogP contribution < -0.4 is 15.9 Å². The van der Waals surface area contributed by atoms with Gasteiger partial charge in [0.25, 0.3) is 0 Å². The van der Waals surface area contributed by atoms with Crippen LogP contribution in [-0.4, -0.2) is 14.4 Å². The number of hydrogen-bond donors (Lipinski definition) is 0. The molecule has 5 aromatic carbocycles. The number of para-hydroxylation sites is 1. The molecule has 0 unspecified atom stereocenters. The van der Waals surface area contributed by atoms with Gasteiger partial charge < -0.3 is 4.57 Å². The number of nitrogens with zero attached hydrogens (tertiary/aromatic N) is 3. The molecule has 0 fully saturated rings. The fourth-order valence-corrected chi connectivity index (χ4v) is 9.30. The van der Waals surface area contributed by atoms with Crippen LogP contribution in [0.25, 0.3) is 48.4 Å². The van der Waals surface area contributed by atoms with Gasteiger partial charge in [0.15, 0.2) is 12.1 Å². The molecular weight excluding hydrogens is 529 g/mol. The van der Waals surface area contributed by atoms with Gasteiger partial charge in [0.2, 0.25) is 0 Å². The molecule has 8 aromatic rings. The van der Waals surface area contributed by atoms with Gasteiger partial charge in [-0.1, -0.05) is 121 Å². The summed E-state index contributed by atoms with van der Waals surface area (Å²) in [6.45, 7) is 0. The molecule has 0 saturated carbocycles. The second-order valence-corrected chi connectivity index (χ2v) is 13.6. The first kappa shape index (κ1) is 23.3. The molecule has 8 rings (SSSR count). The van der Waals surface area contributed by atoms with Crippen molar-refractivity contribution < 1.29 is 4.57 Å². The molecule has 0 atom stereocenters. The summed E-state index contributed by atoms with van der Waals surface area (Å²) in [5.74, 6) is 0. The van der Waals surface area contributed by atoms with Crippen LogP contribution in [0.3, 0.4) is 0 Å². The van der Waals surface area contributed by atoms with Crippen molar-refractivity contribution in [2.24, 2.45) is 0 Å². The molecule has 0 aliphatic rings. The van der Waals surface area contributed by atoms with E-state index >= 15 is 4.57 Å². The third-order valence-corrected chi connectivity index (χ3v) is 11.6. The van der Waals surface area contributed by atoms with E-state index in [-0.39, 0.29) is 0 Å². The van der Waals surface area contributed by atoms with E-state index in [2.05, 4.69) is 34.7 Å². The van der Waals surface area contributed by atoms with Crippen LogP contribution >= 0.6 is 18.5 Å². The Labute approximate surface area is 234 Å². The van der Waals surface area contributed by atoms with Gasteiger partial charge in [-0.15, -0.1) is 0 Å². The predicted molar refractivity (Wildman–Crippen MR) is 168 cm³/mol. The second kappa shape index (κ2) is 8.99. The molecule has 6 heteroatoms. The number of pyridine rings is 1. The summed E-state index contributed by atoms with van der Waals surface area (Å²) in [6, 6.07) is 44.3. The zero-order chi connectivity index (χ0) is 26.7. The second-order valence-electron chi connectivity index (χ2n) is 9.81. The summed E-state index contributed by atoms with van der Waals surface area (Å²) in [6.07, 6.45) is 0. The van der Waals surface area contributed by atoms with Gasteiger partial charge in [-0.3, -0.25) is 4.40 Å². The quantitative estimate of drug-likeness (QED) is 0.212. The summed E-state index contributed by atoms with van der Waals surface area (Å²) in [5, 5.41) is 3.46. The van der Waals surface area contributed by atoms with Crippen molar-refractivity contribution in [3.63, 3.8) is 0 Å². The van der Waals surface area contributed by atoms with Crippen LogP contribution in [0.2, 0.25) is 0 Å². The Kier molecular flexibility index (Phi) is 5.24. The van der Waals surface area contributed by atoms with Gasteiger partial charge in [-0.25, -0.2) is 9.97 Å². The van der Waals surface area contributed by atoms with Crippen LogP contribution in [0.1, 0.15) is 0 Å². The van der Waals surface area contributed by atoms with Crippen LogP contribution in [-0.2, 0) is 4.57 Å². The Morgan fingerprint density at radius 1 is 0.625 bits per heavy atom. The molecule has 0 spiro atoms. The van der Waals surface area contributed by atoms with Crippen molar-refractivity contribution >= 4 is 71.5 Å². The first-order valence-corrected chi connectivity index (χ1v) is 15.6. The predicted octanol–water partition coefficient (Wildman–Crippen LogP) is 7.56. The Morgan fingerprint density at radius 3 is 1.95 bits per heavy atom. The van der Waals surface area contributed by atoms with Crippen molar-refractivity contribution in [2.45, 2.75) is 0 Å². The van der Waals surface area contributed by atoms with Crippen molar-refractivity contribution in [1.82, 2.24) is 14.4 Å². The van der Waals surface area contributed by atoms with Crippen molar-refractivity contribution in [3.05, 3.63) is 133 Å². The first-order chi connectivity index (χ1) is 19.7. The van der Waals surface area contributed by atoms with Gasteiger partial charge in [-0.2, -0.15) is 0 Å². The average Bonchev–Trinajstić information content (AvgIpc) is 3.58. The number of rotatable bonds is 4. The van der Waals surface area contributed by atoms with E-state index in [0.717, 1.165) is 64.3 Å². The maximum Gasteiger partial charge on any atom is 0.195 e. The number of thiazole rings is 1. The maximum atomic E-state index is 15.2. The average molecular weight is 552 g/mol. The van der Waals surface area contributed by atoms with Crippen molar-refractivity contribution in [2.75, 3.05) is 0 Å². The van der Waals surface area contributed by atoms with E-state index in [0.29, 0.717) is 0 Å².